The largest absolute Gasteiger partial charge is 0.490 e. The van der Waals surface area contributed by atoms with Crippen molar-refractivity contribution in [3.05, 3.63) is 18.2 Å². The molecular weight excluding hydrogens is 202 g/mol. The Balaban J connectivity index is 1.88. The Kier molecular flexibility index (Phi) is 2.60. The summed E-state index contributed by atoms with van der Waals surface area (Å²) in [7, 11) is 0. The summed E-state index contributed by atoms with van der Waals surface area (Å²) in [6.45, 7) is 3.85. The molecule has 0 unspecified atom stereocenters. The first-order valence-corrected chi connectivity index (χ1v) is 6.08. The summed E-state index contributed by atoms with van der Waals surface area (Å²) >= 11 is 0. The average Bonchev–Trinajstić information content (AvgIpc) is 2.74. The lowest BCUT2D eigenvalue weighted by atomic mass is 10.2. The molecule has 0 amide bonds. The number of rotatable bonds is 1. The van der Waals surface area contributed by atoms with Crippen LogP contribution >= 0.6 is 0 Å². The average molecular weight is 219 g/mol. The molecule has 2 aliphatic rings. The molecule has 0 atom stereocenters. The van der Waals surface area contributed by atoms with Crippen LogP contribution in [-0.2, 0) is 0 Å². The van der Waals surface area contributed by atoms with E-state index in [9.17, 15) is 0 Å². The minimum atomic E-state index is 0.760. The van der Waals surface area contributed by atoms with Gasteiger partial charge in [-0.1, -0.05) is 0 Å². The summed E-state index contributed by atoms with van der Waals surface area (Å²) in [6.07, 6.45) is 3.57. The van der Waals surface area contributed by atoms with Gasteiger partial charge in [-0.2, -0.15) is 0 Å². The normalized spacial score (nSPS) is 19.6. The molecule has 1 aromatic rings. The van der Waals surface area contributed by atoms with Crippen molar-refractivity contribution in [3.63, 3.8) is 0 Å². The third kappa shape index (κ3) is 1.82. The maximum Gasteiger partial charge on any atom is 0.163 e. The van der Waals surface area contributed by atoms with Crippen molar-refractivity contribution >= 4 is 5.69 Å². The Morgan fingerprint density at radius 2 is 1.62 bits per heavy atom. The summed E-state index contributed by atoms with van der Waals surface area (Å²) in [5, 5.41) is 0. The fourth-order valence-electron chi connectivity index (χ4n) is 2.32. The number of nitrogens with zero attached hydrogens (tertiary/aromatic N) is 1. The summed E-state index contributed by atoms with van der Waals surface area (Å²) < 4.78 is 11.3. The van der Waals surface area contributed by atoms with Crippen molar-refractivity contribution < 1.29 is 9.47 Å². The Labute approximate surface area is 96.0 Å². The Hall–Kier alpha value is -1.38. The number of fused-ring (bicyclic) bond motifs is 1. The third-order valence-corrected chi connectivity index (χ3v) is 3.20. The SMILES string of the molecule is c1cc2c(cc1N1CCCC1)OCCCO2. The van der Waals surface area contributed by atoms with Gasteiger partial charge in [-0.3, -0.25) is 0 Å². The lowest BCUT2D eigenvalue weighted by Gasteiger charge is -2.19. The quantitative estimate of drug-likeness (QED) is 0.724. The fourth-order valence-corrected chi connectivity index (χ4v) is 2.32. The number of hydrogen-bond donors (Lipinski definition) is 0. The van der Waals surface area contributed by atoms with E-state index in [-0.39, 0.29) is 0 Å². The molecule has 1 aromatic carbocycles. The van der Waals surface area contributed by atoms with E-state index in [0.29, 0.717) is 0 Å². The van der Waals surface area contributed by atoms with Gasteiger partial charge in [0.25, 0.3) is 0 Å². The van der Waals surface area contributed by atoms with Crippen molar-refractivity contribution in [2.75, 3.05) is 31.2 Å². The van der Waals surface area contributed by atoms with Crippen molar-refractivity contribution in [1.82, 2.24) is 0 Å². The zero-order chi connectivity index (χ0) is 10.8. The minimum absolute atomic E-state index is 0.760. The highest BCUT2D eigenvalue weighted by Crippen LogP contribution is 2.34. The monoisotopic (exact) mass is 219 g/mol. The van der Waals surface area contributed by atoms with E-state index < -0.39 is 0 Å². The van der Waals surface area contributed by atoms with Crippen LogP contribution in [0.4, 0.5) is 5.69 Å². The van der Waals surface area contributed by atoms with Gasteiger partial charge in [-0.05, 0) is 25.0 Å². The van der Waals surface area contributed by atoms with Crippen LogP contribution in [-0.4, -0.2) is 26.3 Å². The summed E-state index contributed by atoms with van der Waals surface area (Å²) in [5.41, 5.74) is 1.27. The highest BCUT2D eigenvalue weighted by atomic mass is 16.5. The number of ether oxygens (including phenoxy) is 2. The Morgan fingerprint density at radius 1 is 0.875 bits per heavy atom. The molecule has 0 aromatic heterocycles. The minimum Gasteiger partial charge on any atom is -0.490 e. The third-order valence-electron chi connectivity index (χ3n) is 3.20. The molecule has 86 valence electrons. The van der Waals surface area contributed by atoms with Gasteiger partial charge >= 0.3 is 0 Å². The van der Waals surface area contributed by atoms with Crippen LogP contribution in [0.1, 0.15) is 19.3 Å². The topological polar surface area (TPSA) is 21.7 Å². The van der Waals surface area contributed by atoms with Crippen molar-refractivity contribution in [2.45, 2.75) is 19.3 Å². The molecule has 0 saturated carbocycles. The van der Waals surface area contributed by atoms with Gasteiger partial charge in [0.1, 0.15) is 0 Å². The first-order chi connectivity index (χ1) is 7.93. The number of hydrogen-bond acceptors (Lipinski definition) is 3. The van der Waals surface area contributed by atoms with Gasteiger partial charge in [-0.25, -0.2) is 0 Å². The summed E-state index contributed by atoms with van der Waals surface area (Å²) in [6, 6.07) is 6.29. The second-order valence-corrected chi connectivity index (χ2v) is 4.38. The predicted molar refractivity (Wildman–Crippen MR) is 63.5 cm³/mol. The van der Waals surface area contributed by atoms with E-state index in [2.05, 4.69) is 17.0 Å². The molecule has 0 bridgehead atoms. The molecule has 1 fully saturated rings. The summed E-state index contributed by atoms with van der Waals surface area (Å²) in [5.74, 6) is 1.79. The first-order valence-electron chi connectivity index (χ1n) is 6.08. The van der Waals surface area contributed by atoms with E-state index in [0.717, 1.165) is 31.1 Å². The highest BCUT2D eigenvalue weighted by molar-refractivity contribution is 5.57. The number of anilines is 1. The summed E-state index contributed by atoms with van der Waals surface area (Å²) in [4.78, 5) is 2.41. The molecule has 0 spiro atoms. The van der Waals surface area contributed by atoms with E-state index in [1.165, 1.54) is 31.6 Å². The molecule has 16 heavy (non-hydrogen) atoms. The van der Waals surface area contributed by atoms with Gasteiger partial charge in [0.2, 0.25) is 0 Å². The van der Waals surface area contributed by atoms with Crippen LogP contribution in [0.25, 0.3) is 0 Å². The molecule has 2 heterocycles. The lowest BCUT2D eigenvalue weighted by Crippen LogP contribution is -2.17. The molecule has 2 aliphatic heterocycles. The molecule has 3 nitrogen and oxygen atoms in total. The van der Waals surface area contributed by atoms with E-state index in [1.54, 1.807) is 0 Å². The maximum atomic E-state index is 5.70. The van der Waals surface area contributed by atoms with Crippen molar-refractivity contribution in [3.8, 4) is 11.5 Å². The fraction of sp³-hybridized carbons (Fsp3) is 0.538. The molecule has 0 N–H and O–H groups in total. The first kappa shape index (κ1) is 9.82. The molecule has 3 heteroatoms. The molecule has 0 aliphatic carbocycles. The maximum absolute atomic E-state index is 5.70. The van der Waals surface area contributed by atoms with Crippen LogP contribution in [0.2, 0.25) is 0 Å². The predicted octanol–water partition coefficient (Wildman–Crippen LogP) is 2.45. The van der Waals surface area contributed by atoms with Gasteiger partial charge in [-0.15, -0.1) is 0 Å². The molecule has 1 saturated heterocycles. The van der Waals surface area contributed by atoms with Crippen molar-refractivity contribution in [1.29, 1.82) is 0 Å². The van der Waals surface area contributed by atoms with Crippen molar-refractivity contribution in [2.24, 2.45) is 0 Å². The van der Waals surface area contributed by atoms with E-state index in [1.807, 2.05) is 6.07 Å². The molecular formula is C13H17NO2. The smallest absolute Gasteiger partial charge is 0.163 e. The van der Waals surface area contributed by atoms with Crippen LogP contribution in [0.15, 0.2) is 18.2 Å². The van der Waals surface area contributed by atoms with E-state index >= 15 is 0 Å². The standard InChI is InChI=1S/C13H17NO2/c1-2-7-14(6-1)11-4-5-12-13(10-11)16-9-3-8-15-12/h4-5,10H,1-3,6-9H2. The van der Waals surface area contributed by atoms with Gasteiger partial charge in [0, 0.05) is 31.3 Å². The van der Waals surface area contributed by atoms with Crippen LogP contribution < -0.4 is 14.4 Å². The zero-order valence-corrected chi connectivity index (χ0v) is 9.45. The Bertz CT molecular complexity index is 372. The van der Waals surface area contributed by atoms with Gasteiger partial charge in [0.05, 0.1) is 13.2 Å². The highest BCUT2D eigenvalue weighted by Gasteiger charge is 2.16. The van der Waals surface area contributed by atoms with Crippen LogP contribution in [0.3, 0.4) is 0 Å². The van der Waals surface area contributed by atoms with Crippen LogP contribution in [0, 0.1) is 0 Å². The van der Waals surface area contributed by atoms with Gasteiger partial charge < -0.3 is 14.4 Å². The van der Waals surface area contributed by atoms with E-state index in [4.69, 9.17) is 9.47 Å². The Morgan fingerprint density at radius 3 is 2.44 bits per heavy atom. The number of benzene rings is 1. The zero-order valence-electron chi connectivity index (χ0n) is 9.45. The second kappa shape index (κ2) is 4.24. The second-order valence-electron chi connectivity index (χ2n) is 4.38. The van der Waals surface area contributed by atoms with Crippen LogP contribution in [0.5, 0.6) is 11.5 Å². The van der Waals surface area contributed by atoms with Gasteiger partial charge in [0.15, 0.2) is 11.5 Å². The molecule has 3 rings (SSSR count). The lowest BCUT2D eigenvalue weighted by molar-refractivity contribution is 0.297. The molecule has 0 radical (unpaired) electrons.